The second-order valence-electron chi connectivity index (χ2n) is 4.36. The van der Waals surface area contributed by atoms with Crippen molar-refractivity contribution in [2.45, 2.75) is 6.42 Å². The fourth-order valence-electron chi connectivity index (χ4n) is 2.07. The van der Waals surface area contributed by atoms with E-state index in [0.29, 0.717) is 17.7 Å². The zero-order valence-corrected chi connectivity index (χ0v) is 13.0. The Labute approximate surface area is 127 Å². The highest BCUT2D eigenvalue weighted by molar-refractivity contribution is 9.10. The number of anilines is 1. The smallest absolute Gasteiger partial charge is 0.173 e. The third-order valence-corrected chi connectivity index (χ3v) is 3.60. The zero-order chi connectivity index (χ0) is 14.5. The van der Waals surface area contributed by atoms with Crippen LogP contribution in [0.5, 0.6) is 5.75 Å². The van der Waals surface area contributed by atoms with E-state index < -0.39 is 0 Å². The van der Waals surface area contributed by atoms with Crippen LogP contribution >= 0.6 is 15.9 Å². The van der Waals surface area contributed by atoms with Gasteiger partial charge in [0.2, 0.25) is 0 Å². The summed E-state index contributed by atoms with van der Waals surface area (Å²) in [5, 5.41) is 3.04. The quantitative estimate of drug-likeness (QED) is 0.842. The molecular weight excluding hydrogens is 318 g/mol. The van der Waals surface area contributed by atoms with Gasteiger partial charge in [-0.1, -0.05) is 34.1 Å². The van der Waals surface area contributed by atoms with E-state index in [-0.39, 0.29) is 5.78 Å². The second-order valence-corrected chi connectivity index (χ2v) is 5.27. The Hall–Kier alpha value is -1.81. The Morgan fingerprint density at radius 3 is 2.50 bits per heavy atom. The van der Waals surface area contributed by atoms with Crippen molar-refractivity contribution in [3.63, 3.8) is 0 Å². The van der Waals surface area contributed by atoms with Crippen LogP contribution in [0.4, 0.5) is 5.69 Å². The van der Waals surface area contributed by atoms with Crippen LogP contribution in [-0.2, 0) is 6.42 Å². The van der Waals surface area contributed by atoms with Gasteiger partial charge in [-0.3, -0.25) is 4.79 Å². The van der Waals surface area contributed by atoms with Crippen LogP contribution in [0.2, 0.25) is 0 Å². The van der Waals surface area contributed by atoms with Gasteiger partial charge in [0.05, 0.1) is 12.7 Å². The summed E-state index contributed by atoms with van der Waals surface area (Å²) < 4.78 is 6.30. The van der Waals surface area contributed by atoms with E-state index in [9.17, 15) is 4.79 Å². The number of halogens is 1. The predicted octanol–water partition coefficient (Wildman–Crippen LogP) is 3.92. The van der Waals surface area contributed by atoms with Gasteiger partial charge in [-0.2, -0.15) is 0 Å². The van der Waals surface area contributed by atoms with Gasteiger partial charge in [0, 0.05) is 23.6 Å². The van der Waals surface area contributed by atoms with Crippen LogP contribution in [0.1, 0.15) is 15.9 Å². The molecule has 0 atom stereocenters. The topological polar surface area (TPSA) is 38.3 Å². The van der Waals surface area contributed by atoms with Crippen molar-refractivity contribution in [2.75, 3.05) is 19.5 Å². The largest absolute Gasteiger partial charge is 0.496 e. The number of nitrogens with one attached hydrogen (secondary N) is 1. The summed E-state index contributed by atoms with van der Waals surface area (Å²) in [5.41, 5.74) is 2.36. The lowest BCUT2D eigenvalue weighted by molar-refractivity contribution is 0.0991. The van der Waals surface area contributed by atoms with Crippen LogP contribution in [0.15, 0.2) is 46.9 Å². The molecule has 0 unspecified atom stereocenters. The highest BCUT2D eigenvalue weighted by Crippen LogP contribution is 2.27. The maximum Gasteiger partial charge on any atom is 0.173 e. The van der Waals surface area contributed by atoms with E-state index in [1.165, 1.54) is 0 Å². The molecule has 0 aromatic heterocycles. The summed E-state index contributed by atoms with van der Waals surface area (Å²) in [5.74, 6) is 0.632. The fraction of sp³-hybridized carbons (Fsp3) is 0.188. The van der Waals surface area contributed by atoms with Gasteiger partial charge in [0.15, 0.2) is 5.78 Å². The summed E-state index contributed by atoms with van der Waals surface area (Å²) in [7, 11) is 3.37. The van der Waals surface area contributed by atoms with Gasteiger partial charge in [0.25, 0.3) is 0 Å². The zero-order valence-electron chi connectivity index (χ0n) is 11.4. The average Bonchev–Trinajstić information content (AvgIpc) is 2.48. The molecule has 4 heteroatoms. The maximum absolute atomic E-state index is 12.5. The molecule has 2 rings (SSSR count). The van der Waals surface area contributed by atoms with Gasteiger partial charge in [-0.25, -0.2) is 0 Å². The highest BCUT2D eigenvalue weighted by atomic mass is 79.9. The Balaban J connectivity index is 2.31. The molecule has 3 nitrogen and oxygen atoms in total. The number of ether oxygens (including phenoxy) is 1. The number of rotatable bonds is 5. The lowest BCUT2D eigenvalue weighted by Crippen LogP contribution is -2.09. The van der Waals surface area contributed by atoms with Gasteiger partial charge in [-0.15, -0.1) is 0 Å². The minimum atomic E-state index is 0.0362. The van der Waals surface area contributed by atoms with E-state index in [4.69, 9.17) is 4.74 Å². The van der Waals surface area contributed by atoms with Gasteiger partial charge < -0.3 is 10.1 Å². The number of hydrogen-bond donors (Lipinski definition) is 1. The van der Waals surface area contributed by atoms with Crippen molar-refractivity contribution in [1.29, 1.82) is 0 Å². The van der Waals surface area contributed by atoms with Crippen molar-refractivity contribution in [2.24, 2.45) is 0 Å². The molecule has 0 aliphatic heterocycles. The molecule has 0 spiro atoms. The van der Waals surface area contributed by atoms with Gasteiger partial charge >= 0.3 is 0 Å². The third kappa shape index (κ3) is 3.20. The average molecular weight is 334 g/mol. The normalized spacial score (nSPS) is 10.2. The summed E-state index contributed by atoms with van der Waals surface area (Å²) in [6, 6.07) is 13.3. The molecular formula is C16H16BrNO2. The van der Waals surface area contributed by atoms with Gasteiger partial charge in [0.1, 0.15) is 5.75 Å². The first-order valence-electron chi connectivity index (χ1n) is 6.28. The fourth-order valence-corrected chi connectivity index (χ4v) is 2.34. The second kappa shape index (κ2) is 6.57. The number of benzene rings is 2. The van der Waals surface area contributed by atoms with Crippen LogP contribution < -0.4 is 10.1 Å². The first kappa shape index (κ1) is 14.6. The predicted molar refractivity (Wildman–Crippen MR) is 84.7 cm³/mol. The van der Waals surface area contributed by atoms with Gasteiger partial charge in [-0.05, 0) is 29.8 Å². The summed E-state index contributed by atoms with van der Waals surface area (Å²) >= 11 is 3.39. The molecule has 2 aromatic carbocycles. The molecule has 0 aliphatic rings. The number of Topliss-reactive ketones (excluding diaryl/α,β-unsaturated/α-hetero) is 1. The Morgan fingerprint density at radius 1 is 1.20 bits per heavy atom. The molecule has 0 saturated carbocycles. The minimum absolute atomic E-state index is 0.0362. The lowest BCUT2D eigenvalue weighted by Gasteiger charge is -2.12. The van der Waals surface area contributed by atoms with E-state index in [2.05, 4.69) is 21.2 Å². The first-order valence-corrected chi connectivity index (χ1v) is 7.07. The van der Waals surface area contributed by atoms with E-state index in [1.807, 2.05) is 36.4 Å². The van der Waals surface area contributed by atoms with Crippen LogP contribution in [0.25, 0.3) is 0 Å². The molecule has 0 amide bonds. The van der Waals surface area contributed by atoms with Crippen LogP contribution in [0.3, 0.4) is 0 Å². The highest BCUT2D eigenvalue weighted by Gasteiger charge is 2.16. The van der Waals surface area contributed by atoms with Crippen molar-refractivity contribution in [1.82, 2.24) is 0 Å². The van der Waals surface area contributed by atoms with Crippen LogP contribution in [0, 0.1) is 0 Å². The molecule has 0 saturated heterocycles. The first-order chi connectivity index (χ1) is 9.65. The molecule has 1 N–H and O–H groups in total. The van der Waals surface area contributed by atoms with E-state index >= 15 is 0 Å². The molecule has 0 aliphatic carbocycles. The molecule has 0 bridgehead atoms. The Bertz CT molecular complexity index is 586. The molecule has 0 heterocycles. The molecule has 2 aromatic rings. The molecule has 104 valence electrons. The number of methoxy groups -OCH3 is 1. The lowest BCUT2D eigenvalue weighted by atomic mass is 10.0. The minimum Gasteiger partial charge on any atom is -0.496 e. The summed E-state index contributed by atoms with van der Waals surface area (Å²) in [6.45, 7) is 0. The van der Waals surface area contributed by atoms with Crippen LogP contribution in [-0.4, -0.2) is 19.9 Å². The Morgan fingerprint density at radius 2 is 1.90 bits per heavy atom. The summed E-state index contributed by atoms with van der Waals surface area (Å²) in [4.78, 5) is 12.5. The number of ketones is 1. The molecule has 0 radical (unpaired) electrons. The Kier molecular flexibility index (Phi) is 4.79. The van der Waals surface area contributed by atoms with Crippen molar-refractivity contribution < 1.29 is 9.53 Å². The number of carbonyl (C=O) groups is 1. The van der Waals surface area contributed by atoms with Crippen molar-refractivity contribution in [3.8, 4) is 5.75 Å². The van der Waals surface area contributed by atoms with E-state index in [1.54, 1.807) is 20.2 Å². The molecule has 0 fully saturated rings. The standard InChI is InChI=1S/C16H16BrNO2/c1-18-13-4-3-5-15(20-2)16(13)14(19)10-11-6-8-12(17)9-7-11/h3-9,18H,10H2,1-2H3. The number of hydrogen-bond acceptors (Lipinski definition) is 3. The maximum atomic E-state index is 12.5. The van der Waals surface area contributed by atoms with E-state index in [0.717, 1.165) is 15.7 Å². The third-order valence-electron chi connectivity index (χ3n) is 3.07. The SMILES string of the molecule is CNc1cccc(OC)c1C(=O)Cc1ccc(Br)cc1. The monoisotopic (exact) mass is 333 g/mol. The van der Waals surface area contributed by atoms with Crippen molar-refractivity contribution >= 4 is 27.4 Å². The summed E-state index contributed by atoms with van der Waals surface area (Å²) in [6.07, 6.45) is 0.350. The van der Waals surface area contributed by atoms with Crippen molar-refractivity contribution in [3.05, 3.63) is 58.1 Å². The molecule has 20 heavy (non-hydrogen) atoms. The number of carbonyl (C=O) groups excluding carboxylic acids is 1.